The van der Waals surface area contributed by atoms with Gasteiger partial charge in [0.05, 0.1) is 23.4 Å². The largest absolute Gasteiger partial charge is 0.382 e. The zero-order chi connectivity index (χ0) is 16.2. The molecule has 0 atom stereocenters. The number of aliphatic imine (C=N–C) groups is 1. The molecule has 1 fully saturated rings. The smallest absolute Gasteiger partial charge is 0.216 e. The van der Waals surface area contributed by atoms with Crippen LogP contribution in [0, 0.1) is 5.82 Å². The number of benzene rings is 1. The third kappa shape index (κ3) is 3.84. The number of rotatable bonds is 4. The zero-order valence-corrected chi connectivity index (χ0v) is 13.6. The molecule has 1 aliphatic rings. The van der Waals surface area contributed by atoms with Crippen LogP contribution in [0.5, 0.6) is 0 Å². The van der Waals surface area contributed by atoms with Crippen molar-refractivity contribution < 1.29 is 13.8 Å². The van der Waals surface area contributed by atoms with Gasteiger partial charge in [0.2, 0.25) is 5.82 Å². The van der Waals surface area contributed by atoms with Gasteiger partial charge in [-0.2, -0.15) is 0 Å². The van der Waals surface area contributed by atoms with Crippen LogP contribution in [0.25, 0.3) is 0 Å². The van der Waals surface area contributed by atoms with Gasteiger partial charge in [0.1, 0.15) is 5.82 Å². The number of nitrogens with one attached hydrogen (secondary N) is 1. The van der Waals surface area contributed by atoms with Crippen molar-refractivity contribution in [3.8, 4) is 0 Å². The molecule has 0 saturated carbocycles. The predicted molar refractivity (Wildman–Crippen MR) is 84.8 cm³/mol. The van der Waals surface area contributed by atoms with Crippen molar-refractivity contribution in [1.29, 1.82) is 0 Å². The zero-order valence-electron chi connectivity index (χ0n) is 12.0. The number of halogens is 2. The number of aromatic nitrogens is 2. The number of hydrogen-bond acceptors (Lipinski definition) is 7. The van der Waals surface area contributed by atoms with Gasteiger partial charge in [0.15, 0.2) is 11.5 Å². The summed E-state index contributed by atoms with van der Waals surface area (Å²) in [7, 11) is 0. The Morgan fingerprint density at radius 2 is 2.13 bits per heavy atom. The van der Waals surface area contributed by atoms with Crippen LogP contribution in [0.15, 0.2) is 32.3 Å². The number of nitrogens with zero attached hydrogens (tertiary/aromatic N) is 4. The highest BCUT2D eigenvalue weighted by atomic mass is 79.9. The number of anilines is 1. The number of amidine groups is 1. The Balaban J connectivity index is 1.79. The average molecular weight is 385 g/mol. The molecule has 0 spiro atoms. The molecule has 1 saturated heterocycles. The van der Waals surface area contributed by atoms with Gasteiger partial charge in [-0.1, -0.05) is 0 Å². The van der Waals surface area contributed by atoms with E-state index in [2.05, 4.69) is 36.7 Å². The maximum atomic E-state index is 13.2. The van der Waals surface area contributed by atoms with Crippen molar-refractivity contribution in [2.24, 2.45) is 10.7 Å². The Kier molecular flexibility index (Phi) is 4.84. The van der Waals surface area contributed by atoms with Gasteiger partial charge in [-0.15, -0.1) is 0 Å². The fourth-order valence-corrected chi connectivity index (χ4v) is 2.37. The topological polar surface area (TPSA) is 102 Å². The van der Waals surface area contributed by atoms with Crippen molar-refractivity contribution in [3.63, 3.8) is 0 Å². The highest BCUT2D eigenvalue weighted by molar-refractivity contribution is 9.10. The van der Waals surface area contributed by atoms with Crippen LogP contribution in [-0.4, -0.2) is 47.5 Å². The van der Waals surface area contributed by atoms with Crippen LogP contribution in [-0.2, 0) is 4.74 Å². The number of ether oxygens (including phenoxy) is 1. The second kappa shape index (κ2) is 7.02. The van der Waals surface area contributed by atoms with E-state index >= 15 is 0 Å². The maximum absolute atomic E-state index is 13.2. The molecule has 1 aromatic heterocycles. The summed E-state index contributed by atoms with van der Waals surface area (Å²) in [5.41, 5.74) is 9.80. The fraction of sp³-hybridized carbons (Fsp3) is 0.308. The van der Waals surface area contributed by atoms with E-state index < -0.39 is 0 Å². The Hall–Kier alpha value is -2.04. The molecule has 0 unspecified atom stereocenters. The van der Waals surface area contributed by atoms with Crippen LogP contribution < -0.4 is 11.2 Å². The normalized spacial score (nSPS) is 16.5. The van der Waals surface area contributed by atoms with Crippen molar-refractivity contribution in [2.45, 2.75) is 0 Å². The first-order valence-electron chi connectivity index (χ1n) is 6.85. The molecule has 1 aliphatic heterocycles. The number of morpholine rings is 1. The number of hydrogen-bond donors (Lipinski definition) is 2. The number of hydrazine groups is 1. The first-order chi connectivity index (χ1) is 11.1. The molecule has 23 heavy (non-hydrogen) atoms. The molecule has 2 aromatic rings. The third-order valence-corrected chi connectivity index (χ3v) is 3.77. The minimum Gasteiger partial charge on any atom is -0.382 e. The van der Waals surface area contributed by atoms with Crippen molar-refractivity contribution in [1.82, 2.24) is 15.3 Å². The van der Waals surface area contributed by atoms with E-state index in [1.165, 1.54) is 18.2 Å². The van der Waals surface area contributed by atoms with Gasteiger partial charge in [-0.05, 0) is 44.4 Å². The lowest BCUT2D eigenvalue weighted by Crippen LogP contribution is -2.40. The minimum atomic E-state index is -0.375. The van der Waals surface area contributed by atoms with E-state index in [4.69, 9.17) is 15.1 Å². The SMILES string of the molecule is NC(=Nc1ccc(F)c(Br)c1)c1nonc1NN1CCOCC1. The van der Waals surface area contributed by atoms with Crippen LogP contribution in [0.2, 0.25) is 0 Å². The quantitative estimate of drug-likeness (QED) is 0.610. The Labute approximate surface area is 139 Å². The molecule has 8 nitrogen and oxygen atoms in total. The third-order valence-electron chi connectivity index (χ3n) is 3.16. The standard InChI is InChI=1S/C13H14BrFN6O2/c14-9-7-8(1-2-10(9)15)17-12(16)11-13(20-23-19-11)18-21-3-5-22-6-4-21/h1-2,7H,3-6H2,(H2,16,17)(H,18,20). The Morgan fingerprint density at radius 1 is 1.35 bits per heavy atom. The van der Waals surface area contributed by atoms with Gasteiger partial charge in [-0.25, -0.2) is 19.0 Å². The van der Waals surface area contributed by atoms with Gasteiger partial charge in [0.25, 0.3) is 0 Å². The van der Waals surface area contributed by atoms with E-state index in [9.17, 15) is 4.39 Å². The van der Waals surface area contributed by atoms with Crippen LogP contribution >= 0.6 is 15.9 Å². The summed E-state index contributed by atoms with van der Waals surface area (Å²) in [4.78, 5) is 4.21. The van der Waals surface area contributed by atoms with E-state index in [0.717, 1.165) is 0 Å². The fourth-order valence-electron chi connectivity index (χ4n) is 2.00. The van der Waals surface area contributed by atoms with Crippen molar-refractivity contribution in [3.05, 3.63) is 34.2 Å². The lowest BCUT2D eigenvalue weighted by molar-refractivity contribution is 0.0493. The van der Waals surface area contributed by atoms with E-state index in [1.54, 1.807) is 0 Å². The summed E-state index contributed by atoms with van der Waals surface area (Å²) < 4.78 is 23.6. The summed E-state index contributed by atoms with van der Waals surface area (Å²) in [6, 6.07) is 4.32. The molecular weight excluding hydrogens is 371 g/mol. The first kappa shape index (κ1) is 15.8. The second-order valence-corrected chi connectivity index (χ2v) is 5.62. The molecule has 0 aliphatic carbocycles. The van der Waals surface area contributed by atoms with Crippen molar-refractivity contribution >= 4 is 33.3 Å². The van der Waals surface area contributed by atoms with Gasteiger partial charge < -0.3 is 10.5 Å². The summed E-state index contributed by atoms with van der Waals surface area (Å²) >= 11 is 3.10. The Morgan fingerprint density at radius 3 is 2.87 bits per heavy atom. The second-order valence-electron chi connectivity index (χ2n) is 4.77. The molecule has 0 amide bonds. The summed E-state index contributed by atoms with van der Waals surface area (Å²) in [5.74, 6) is 0.107. The molecule has 1 aromatic carbocycles. The van der Waals surface area contributed by atoms with Gasteiger partial charge in [0, 0.05) is 13.1 Å². The van der Waals surface area contributed by atoms with Crippen molar-refractivity contribution in [2.75, 3.05) is 31.7 Å². The van der Waals surface area contributed by atoms with Crippen LogP contribution in [0.4, 0.5) is 15.9 Å². The monoisotopic (exact) mass is 384 g/mol. The molecule has 2 heterocycles. The summed E-state index contributed by atoms with van der Waals surface area (Å²) in [5, 5.41) is 9.49. The van der Waals surface area contributed by atoms with Gasteiger partial charge >= 0.3 is 0 Å². The van der Waals surface area contributed by atoms with Crippen LogP contribution in [0.3, 0.4) is 0 Å². The highest BCUT2D eigenvalue weighted by Gasteiger charge is 2.18. The molecule has 10 heteroatoms. The Bertz CT molecular complexity index is 716. The molecule has 0 radical (unpaired) electrons. The molecular formula is C13H14BrFN6O2. The van der Waals surface area contributed by atoms with E-state index in [-0.39, 0.29) is 17.3 Å². The van der Waals surface area contributed by atoms with E-state index in [1.807, 2.05) is 5.01 Å². The number of nitrogens with two attached hydrogens (primary N) is 1. The highest BCUT2D eigenvalue weighted by Crippen LogP contribution is 2.23. The van der Waals surface area contributed by atoms with Crippen LogP contribution in [0.1, 0.15) is 5.69 Å². The minimum absolute atomic E-state index is 0.112. The molecule has 0 bridgehead atoms. The van der Waals surface area contributed by atoms with E-state index in [0.29, 0.717) is 42.3 Å². The lowest BCUT2D eigenvalue weighted by atomic mass is 10.3. The lowest BCUT2D eigenvalue weighted by Gasteiger charge is -2.26. The summed E-state index contributed by atoms with van der Waals surface area (Å²) in [6.07, 6.45) is 0. The molecule has 3 N–H and O–H groups in total. The molecule has 122 valence electrons. The summed E-state index contributed by atoms with van der Waals surface area (Å²) in [6.45, 7) is 2.66. The predicted octanol–water partition coefficient (Wildman–Crippen LogP) is 1.67. The first-order valence-corrected chi connectivity index (χ1v) is 7.64. The van der Waals surface area contributed by atoms with Gasteiger partial charge in [-0.3, -0.25) is 5.43 Å². The molecule has 3 rings (SSSR count). The maximum Gasteiger partial charge on any atom is 0.216 e. The average Bonchev–Trinajstić information content (AvgIpc) is 3.00.